The van der Waals surface area contributed by atoms with Crippen LogP contribution in [0.1, 0.15) is 38.2 Å². The van der Waals surface area contributed by atoms with Gasteiger partial charge in [-0.15, -0.1) is 0 Å². The van der Waals surface area contributed by atoms with Crippen molar-refractivity contribution in [2.75, 3.05) is 7.11 Å². The summed E-state index contributed by atoms with van der Waals surface area (Å²) >= 11 is 3.72. The Bertz CT molecular complexity index is 299. The molecular formula is C14H21BrO. The molecule has 0 aliphatic carbocycles. The van der Waals surface area contributed by atoms with E-state index in [-0.39, 0.29) is 0 Å². The molecular weight excluding hydrogens is 264 g/mol. The molecule has 0 aromatic heterocycles. The Kier molecular flexibility index (Phi) is 6.55. The van der Waals surface area contributed by atoms with Gasteiger partial charge in [-0.1, -0.05) is 41.4 Å². The highest BCUT2D eigenvalue weighted by atomic mass is 79.9. The number of halogens is 1. The molecule has 0 aliphatic rings. The first-order valence-corrected chi connectivity index (χ1v) is 6.94. The SMILES string of the molecule is CCCC(Br)CCCc1cccc(OC)c1. The molecule has 0 radical (unpaired) electrons. The fourth-order valence-electron chi connectivity index (χ4n) is 1.81. The van der Waals surface area contributed by atoms with E-state index in [1.165, 1.54) is 31.2 Å². The summed E-state index contributed by atoms with van der Waals surface area (Å²) in [5.41, 5.74) is 1.37. The van der Waals surface area contributed by atoms with Crippen molar-refractivity contribution in [3.8, 4) is 5.75 Å². The number of aryl methyl sites for hydroxylation is 1. The van der Waals surface area contributed by atoms with Crippen LogP contribution < -0.4 is 4.74 Å². The number of benzene rings is 1. The zero-order chi connectivity index (χ0) is 11.8. The van der Waals surface area contributed by atoms with Crippen LogP contribution in [0.2, 0.25) is 0 Å². The first-order valence-electron chi connectivity index (χ1n) is 6.03. The third kappa shape index (κ3) is 5.02. The molecule has 0 bridgehead atoms. The minimum absolute atomic E-state index is 0.683. The molecule has 0 amide bonds. The lowest BCUT2D eigenvalue weighted by Gasteiger charge is -2.08. The molecule has 1 aromatic rings. The monoisotopic (exact) mass is 284 g/mol. The smallest absolute Gasteiger partial charge is 0.119 e. The van der Waals surface area contributed by atoms with Crippen molar-refractivity contribution >= 4 is 15.9 Å². The zero-order valence-electron chi connectivity index (χ0n) is 10.2. The zero-order valence-corrected chi connectivity index (χ0v) is 11.8. The van der Waals surface area contributed by atoms with Gasteiger partial charge in [-0.05, 0) is 43.4 Å². The van der Waals surface area contributed by atoms with Crippen molar-refractivity contribution in [3.63, 3.8) is 0 Å². The lowest BCUT2D eigenvalue weighted by Crippen LogP contribution is -1.98. The van der Waals surface area contributed by atoms with E-state index >= 15 is 0 Å². The standard InChI is InChI=1S/C14H21BrO/c1-3-6-13(15)9-4-7-12-8-5-10-14(11-12)16-2/h5,8,10-11,13H,3-4,6-7,9H2,1-2H3. The van der Waals surface area contributed by atoms with Gasteiger partial charge in [-0.25, -0.2) is 0 Å². The third-order valence-corrected chi connectivity index (χ3v) is 3.63. The summed E-state index contributed by atoms with van der Waals surface area (Å²) in [6.45, 7) is 2.23. The highest BCUT2D eigenvalue weighted by molar-refractivity contribution is 9.09. The number of rotatable bonds is 7. The molecule has 0 spiro atoms. The van der Waals surface area contributed by atoms with Gasteiger partial charge in [0.25, 0.3) is 0 Å². The van der Waals surface area contributed by atoms with E-state index in [9.17, 15) is 0 Å². The van der Waals surface area contributed by atoms with Crippen LogP contribution in [0.15, 0.2) is 24.3 Å². The highest BCUT2D eigenvalue weighted by Gasteiger charge is 2.03. The molecule has 0 saturated heterocycles. The van der Waals surface area contributed by atoms with Gasteiger partial charge in [0.05, 0.1) is 7.11 Å². The van der Waals surface area contributed by atoms with Crippen LogP contribution in [0, 0.1) is 0 Å². The number of hydrogen-bond donors (Lipinski definition) is 0. The lowest BCUT2D eigenvalue weighted by atomic mass is 10.1. The number of ether oxygens (including phenoxy) is 1. The first-order chi connectivity index (χ1) is 7.76. The fraction of sp³-hybridized carbons (Fsp3) is 0.571. The van der Waals surface area contributed by atoms with Gasteiger partial charge in [0.1, 0.15) is 5.75 Å². The second kappa shape index (κ2) is 7.72. The molecule has 1 atom stereocenters. The van der Waals surface area contributed by atoms with Gasteiger partial charge in [-0.2, -0.15) is 0 Å². The summed E-state index contributed by atoms with van der Waals surface area (Å²) in [7, 11) is 1.72. The molecule has 0 fully saturated rings. The Morgan fingerprint density at radius 1 is 1.31 bits per heavy atom. The van der Waals surface area contributed by atoms with E-state index in [2.05, 4.69) is 41.1 Å². The van der Waals surface area contributed by atoms with Crippen molar-refractivity contribution in [1.82, 2.24) is 0 Å². The van der Waals surface area contributed by atoms with Crippen molar-refractivity contribution < 1.29 is 4.74 Å². The van der Waals surface area contributed by atoms with Gasteiger partial charge >= 0.3 is 0 Å². The van der Waals surface area contributed by atoms with E-state index in [0.717, 1.165) is 12.2 Å². The summed E-state index contributed by atoms with van der Waals surface area (Å²) in [5.74, 6) is 0.960. The van der Waals surface area contributed by atoms with Gasteiger partial charge in [0, 0.05) is 4.83 Å². The van der Waals surface area contributed by atoms with E-state index in [4.69, 9.17) is 4.74 Å². The molecule has 2 heteroatoms. The molecule has 1 aromatic carbocycles. The maximum atomic E-state index is 5.21. The Hall–Kier alpha value is -0.500. The average Bonchev–Trinajstić information content (AvgIpc) is 2.30. The topological polar surface area (TPSA) is 9.23 Å². The van der Waals surface area contributed by atoms with E-state index in [1.54, 1.807) is 7.11 Å². The summed E-state index contributed by atoms with van der Waals surface area (Å²) < 4.78 is 5.21. The van der Waals surface area contributed by atoms with E-state index in [0.29, 0.717) is 4.83 Å². The summed E-state index contributed by atoms with van der Waals surface area (Å²) in [6.07, 6.45) is 6.17. The number of methoxy groups -OCH3 is 1. The minimum Gasteiger partial charge on any atom is -0.497 e. The Morgan fingerprint density at radius 2 is 2.12 bits per heavy atom. The van der Waals surface area contributed by atoms with Crippen molar-refractivity contribution in [2.45, 2.75) is 43.9 Å². The van der Waals surface area contributed by atoms with Crippen LogP contribution in [0.4, 0.5) is 0 Å². The van der Waals surface area contributed by atoms with Crippen molar-refractivity contribution in [2.24, 2.45) is 0 Å². The van der Waals surface area contributed by atoms with Gasteiger partial charge < -0.3 is 4.74 Å². The van der Waals surface area contributed by atoms with Crippen molar-refractivity contribution in [1.29, 1.82) is 0 Å². The molecule has 1 rings (SSSR count). The molecule has 0 N–H and O–H groups in total. The predicted molar refractivity (Wildman–Crippen MR) is 73.6 cm³/mol. The molecule has 0 aliphatic heterocycles. The predicted octanol–water partition coefficient (Wildman–Crippen LogP) is 4.58. The van der Waals surface area contributed by atoms with Crippen LogP contribution in [0.3, 0.4) is 0 Å². The minimum atomic E-state index is 0.683. The highest BCUT2D eigenvalue weighted by Crippen LogP contribution is 2.18. The second-order valence-corrected chi connectivity index (χ2v) is 5.42. The number of alkyl halides is 1. The van der Waals surface area contributed by atoms with Crippen LogP contribution in [0.25, 0.3) is 0 Å². The second-order valence-electron chi connectivity index (χ2n) is 4.13. The molecule has 1 unspecified atom stereocenters. The lowest BCUT2D eigenvalue weighted by molar-refractivity contribution is 0.414. The van der Waals surface area contributed by atoms with Gasteiger partial charge in [0.2, 0.25) is 0 Å². The molecule has 16 heavy (non-hydrogen) atoms. The largest absolute Gasteiger partial charge is 0.497 e. The number of hydrogen-bond acceptors (Lipinski definition) is 1. The molecule has 0 heterocycles. The van der Waals surface area contributed by atoms with Crippen LogP contribution in [0.5, 0.6) is 5.75 Å². The Balaban J connectivity index is 2.31. The van der Waals surface area contributed by atoms with Crippen LogP contribution in [-0.4, -0.2) is 11.9 Å². The molecule has 1 nitrogen and oxygen atoms in total. The molecule has 90 valence electrons. The maximum Gasteiger partial charge on any atom is 0.119 e. The summed E-state index contributed by atoms with van der Waals surface area (Å²) in [5, 5.41) is 0. The molecule has 0 saturated carbocycles. The normalized spacial score (nSPS) is 12.4. The average molecular weight is 285 g/mol. The Morgan fingerprint density at radius 3 is 2.81 bits per heavy atom. The van der Waals surface area contributed by atoms with Gasteiger partial charge in [0.15, 0.2) is 0 Å². The first kappa shape index (κ1) is 13.6. The summed E-state index contributed by atoms with van der Waals surface area (Å²) in [6, 6.07) is 8.36. The van der Waals surface area contributed by atoms with Crippen LogP contribution in [-0.2, 0) is 6.42 Å². The Labute approximate surface area is 107 Å². The van der Waals surface area contributed by atoms with E-state index < -0.39 is 0 Å². The third-order valence-electron chi connectivity index (χ3n) is 2.72. The maximum absolute atomic E-state index is 5.21. The van der Waals surface area contributed by atoms with E-state index in [1.807, 2.05) is 6.07 Å². The van der Waals surface area contributed by atoms with Gasteiger partial charge in [-0.3, -0.25) is 0 Å². The summed E-state index contributed by atoms with van der Waals surface area (Å²) in [4.78, 5) is 0.683. The van der Waals surface area contributed by atoms with Crippen molar-refractivity contribution in [3.05, 3.63) is 29.8 Å². The quantitative estimate of drug-likeness (QED) is 0.666. The fourth-order valence-corrected chi connectivity index (χ4v) is 2.59. The van der Waals surface area contributed by atoms with Crippen LogP contribution >= 0.6 is 15.9 Å².